The van der Waals surface area contributed by atoms with Crippen LogP contribution >= 0.6 is 43.2 Å². The number of likely N-dealkylation sites (N-methyl/N-ethyl adjacent to an activating group) is 1. The number of Topliss-reactive ketones (excluding diaryl/α,β-unsaturated/α-hetero) is 1. The zero-order valence-electron chi connectivity index (χ0n) is 66.1. The fourth-order valence-electron chi connectivity index (χ4n) is 12.7. The molecule has 6 rings (SSSR count). The van der Waals surface area contributed by atoms with E-state index in [4.69, 9.17) is 0 Å². The highest BCUT2D eigenvalue weighted by Gasteiger charge is 2.15. The lowest BCUT2D eigenvalue weighted by Gasteiger charge is -2.26. The normalized spacial score (nSPS) is 19.3. The highest BCUT2D eigenvalue weighted by molar-refractivity contribution is 8.77. The molecule has 4 fully saturated rings. The smallest absolute Gasteiger partial charge is 0.243 e. The van der Waals surface area contributed by atoms with E-state index in [2.05, 4.69) is 169 Å². The number of allylic oxidation sites excluding steroid dienone is 1. The van der Waals surface area contributed by atoms with Gasteiger partial charge in [-0.1, -0.05) is 112 Å². The van der Waals surface area contributed by atoms with Gasteiger partial charge in [0.2, 0.25) is 11.8 Å². The van der Waals surface area contributed by atoms with Gasteiger partial charge < -0.3 is 73.6 Å². The summed E-state index contributed by atoms with van der Waals surface area (Å²) in [7, 11) is 9.24. The van der Waals surface area contributed by atoms with Gasteiger partial charge in [-0.3, -0.25) is 38.8 Å². The Balaban J connectivity index is 0.000000389. The molecule has 0 saturated carbocycles. The van der Waals surface area contributed by atoms with Crippen molar-refractivity contribution in [3.63, 3.8) is 0 Å². The summed E-state index contributed by atoms with van der Waals surface area (Å²) in [5, 5.41) is 41.9. The second-order valence-electron chi connectivity index (χ2n) is 28.3. The Kier molecular flexibility index (Phi) is 61.8. The van der Waals surface area contributed by atoms with E-state index in [1.807, 2.05) is 10.8 Å². The van der Waals surface area contributed by atoms with Gasteiger partial charge in [-0.05, 0) is 217 Å². The van der Waals surface area contributed by atoms with Crippen LogP contribution in [0, 0.1) is 0 Å². The van der Waals surface area contributed by atoms with E-state index in [-0.39, 0.29) is 17.6 Å². The lowest BCUT2D eigenvalue weighted by atomic mass is 10.1. The molecule has 2 aromatic carbocycles. The molecule has 4 aliphatic heterocycles. The summed E-state index contributed by atoms with van der Waals surface area (Å²) in [6, 6.07) is 18.8. The molecule has 0 spiro atoms. The molecular weight excluding hydrogens is 1410 g/mol. The lowest BCUT2D eigenvalue weighted by molar-refractivity contribution is -0.121. The van der Waals surface area contributed by atoms with E-state index >= 15 is 0 Å². The van der Waals surface area contributed by atoms with Gasteiger partial charge in [-0.15, -0.1) is 0 Å². The molecule has 0 atom stereocenters. The van der Waals surface area contributed by atoms with Gasteiger partial charge in [0.25, 0.3) is 0 Å². The van der Waals surface area contributed by atoms with Crippen LogP contribution in [0.2, 0.25) is 0 Å². The zero-order chi connectivity index (χ0) is 75.5. The van der Waals surface area contributed by atoms with E-state index < -0.39 is 0 Å². The number of benzene rings is 2. The SMILES string of the molecule is C=CC(=O)CCCSSCCNC(=O)C=C.CCCC(=O)CCCSSCCNC(=O)CCN1CCCNCCN(Cc2ccc(CN3CCCNCCN(C)CCCNCC3)cc2)CCCNCC1.c1cc(CN2CCCNCCNCCCNCC2)ccc1CN1CCCNCCNCCCNCC1. The Bertz CT molecular complexity index is 2330. The van der Waals surface area contributed by atoms with Crippen molar-refractivity contribution in [1.82, 2.24) is 93.2 Å². The third-order valence-electron chi connectivity index (χ3n) is 18.9. The molecule has 0 aromatic heterocycles. The van der Waals surface area contributed by atoms with Gasteiger partial charge in [0.1, 0.15) is 5.78 Å². The minimum absolute atomic E-state index is 0.101. The molecule has 0 aliphatic carbocycles. The number of nitrogens with one attached hydrogen (secondary N) is 12. The van der Waals surface area contributed by atoms with Crippen molar-refractivity contribution in [2.75, 3.05) is 259 Å². The van der Waals surface area contributed by atoms with E-state index in [9.17, 15) is 19.2 Å². The van der Waals surface area contributed by atoms with Crippen molar-refractivity contribution in [2.24, 2.45) is 0 Å². The fourth-order valence-corrected chi connectivity index (χ4v) is 16.6. The monoisotopic (exact) mass is 1550 g/mol. The van der Waals surface area contributed by atoms with Crippen LogP contribution in [0.3, 0.4) is 0 Å². The van der Waals surface area contributed by atoms with Gasteiger partial charge in [-0.2, -0.15) is 0 Å². The summed E-state index contributed by atoms with van der Waals surface area (Å²) in [5.74, 6) is 4.19. The predicted octanol–water partition coefficient (Wildman–Crippen LogP) is 6.13. The maximum atomic E-state index is 12.5. The first-order valence-corrected chi connectivity index (χ1v) is 46.0. The average molecular weight is 1550 g/mol. The molecule has 22 nitrogen and oxygen atoms in total. The fraction of sp³-hybridized carbons (Fsp3) is 0.750. The number of rotatable bonds is 31. The van der Waals surface area contributed by atoms with Gasteiger partial charge in [-0.25, -0.2) is 0 Å². The Labute approximate surface area is 659 Å². The van der Waals surface area contributed by atoms with Crippen molar-refractivity contribution >= 4 is 66.6 Å². The number of carbonyl (C=O) groups excluding carboxylic acids is 4. The third kappa shape index (κ3) is 55.4. The summed E-state index contributed by atoms with van der Waals surface area (Å²) >= 11 is 0. The molecule has 4 heterocycles. The first-order valence-electron chi connectivity index (χ1n) is 41.0. The molecule has 606 valence electrons. The standard InChI is InChI=1S/C41H77N9O2S2.C28H54N8.C11H17NO2S2/c1-3-9-40(51)10-4-34-53-54-35-24-46-41(52)15-29-48-26-6-17-45-23-33-50(28-8-19-44-21-31-48)37-39-13-11-38(12-14-39)36-49-27-7-18-42-20-30-47(2)25-5-16-43-22-32-49;1-9-29-15-17-31-13-3-21-35(23-19-33-11-1)25-27-5-7-28(8-6-27)26-36-22-4-14-32-18-16-30-10-2-12-34-20-24-36;1-3-10(13)6-5-8-15-16-9-7-12-11(14)4-2/h11-14,42-45H,3-10,15-37H2,1-2H3,(H,46,52);5-8,29-34H,1-4,9-26H2;3-4H,1-2,5-9H2,(H,12,14). The van der Waals surface area contributed by atoms with Gasteiger partial charge in [0.05, 0.1) is 0 Å². The maximum absolute atomic E-state index is 12.5. The van der Waals surface area contributed by atoms with Crippen LogP contribution in [0.1, 0.15) is 125 Å². The molecule has 2 amide bonds. The Hall–Kier alpha value is -3.04. The first kappa shape index (κ1) is 95.3. The minimum Gasteiger partial charge on any atom is -0.355 e. The lowest BCUT2D eigenvalue weighted by Crippen LogP contribution is -2.39. The summed E-state index contributed by atoms with van der Waals surface area (Å²) in [4.78, 5) is 61.1. The Morgan fingerprint density at radius 1 is 0.368 bits per heavy atom. The third-order valence-corrected chi connectivity index (χ3v) is 23.8. The molecule has 4 saturated heterocycles. The molecule has 4 aliphatic rings. The number of hydrogen-bond donors (Lipinski definition) is 12. The number of hydrogen-bond acceptors (Lipinski definition) is 24. The van der Waals surface area contributed by atoms with Crippen LogP contribution < -0.4 is 63.8 Å². The van der Waals surface area contributed by atoms with E-state index in [1.165, 1.54) is 72.9 Å². The topological polar surface area (TPSA) is 232 Å². The number of ketones is 2. The van der Waals surface area contributed by atoms with Crippen LogP contribution in [0.25, 0.3) is 0 Å². The second kappa shape index (κ2) is 68.7. The molecule has 0 bridgehead atoms. The van der Waals surface area contributed by atoms with E-state index in [0.717, 1.165) is 297 Å². The summed E-state index contributed by atoms with van der Waals surface area (Å²) in [5.41, 5.74) is 5.66. The number of nitrogens with zero attached hydrogens (tertiary/aromatic N) is 6. The van der Waals surface area contributed by atoms with Crippen molar-refractivity contribution in [3.05, 3.63) is 96.1 Å². The van der Waals surface area contributed by atoms with Crippen molar-refractivity contribution in [2.45, 2.75) is 129 Å². The Morgan fingerprint density at radius 3 is 1.08 bits per heavy atom. The van der Waals surface area contributed by atoms with Gasteiger partial charge in [0.15, 0.2) is 5.78 Å². The molecular formula is C80H148N18O4S4. The average Bonchev–Trinajstić information content (AvgIpc) is 0.896. The van der Waals surface area contributed by atoms with E-state index in [0.29, 0.717) is 44.6 Å². The Morgan fingerprint density at radius 2 is 0.698 bits per heavy atom. The van der Waals surface area contributed by atoms with Crippen LogP contribution in [0.15, 0.2) is 73.8 Å². The van der Waals surface area contributed by atoms with Crippen molar-refractivity contribution < 1.29 is 19.2 Å². The van der Waals surface area contributed by atoms with Crippen LogP contribution in [-0.4, -0.2) is 312 Å². The quantitative estimate of drug-likeness (QED) is 0.0231. The molecule has 0 unspecified atom stereocenters. The first-order chi connectivity index (χ1) is 52.1. The second-order valence-corrected chi connectivity index (χ2v) is 33.7. The molecule has 12 N–H and O–H groups in total. The highest BCUT2D eigenvalue weighted by atomic mass is 33.1. The number of carbonyl (C=O) groups is 4. The molecule has 106 heavy (non-hydrogen) atoms. The highest BCUT2D eigenvalue weighted by Crippen LogP contribution is 2.23. The summed E-state index contributed by atoms with van der Waals surface area (Å²) < 4.78 is 0. The maximum Gasteiger partial charge on any atom is 0.243 e. The zero-order valence-corrected chi connectivity index (χ0v) is 69.4. The summed E-state index contributed by atoms with van der Waals surface area (Å²) in [6.45, 7) is 49.5. The van der Waals surface area contributed by atoms with Crippen molar-refractivity contribution in [3.8, 4) is 0 Å². The number of amides is 2. The predicted molar refractivity (Wildman–Crippen MR) is 458 cm³/mol. The molecule has 0 radical (unpaired) electrons. The van der Waals surface area contributed by atoms with Crippen LogP contribution in [0.4, 0.5) is 0 Å². The van der Waals surface area contributed by atoms with Crippen molar-refractivity contribution in [1.29, 1.82) is 0 Å². The minimum atomic E-state index is -0.137. The van der Waals surface area contributed by atoms with Gasteiger partial charge in [0, 0.05) is 199 Å². The van der Waals surface area contributed by atoms with Gasteiger partial charge >= 0.3 is 0 Å². The largest absolute Gasteiger partial charge is 0.355 e. The molecule has 2 aromatic rings. The van der Waals surface area contributed by atoms with Crippen LogP contribution in [0.5, 0.6) is 0 Å². The summed E-state index contributed by atoms with van der Waals surface area (Å²) in [6.07, 6.45) is 17.3. The molecule has 26 heteroatoms. The van der Waals surface area contributed by atoms with Crippen LogP contribution in [-0.2, 0) is 45.4 Å². The van der Waals surface area contributed by atoms with E-state index in [1.54, 1.807) is 32.4 Å².